The highest BCUT2D eigenvalue weighted by molar-refractivity contribution is 8.93. The van der Waals surface area contributed by atoms with E-state index < -0.39 is 10.8 Å². The van der Waals surface area contributed by atoms with E-state index in [-0.39, 0.29) is 17.0 Å². The van der Waals surface area contributed by atoms with Gasteiger partial charge in [0.15, 0.2) is 5.96 Å². The summed E-state index contributed by atoms with van der Waals surface area (Å²) >= 11 is 0. The molecule has 0 aliphatic carbocycles. The van der Waals surface area contributed by atoms with Crippen molar-refractivity contribution >= 4 is 33.7 Å². The summed E-state index contributed by atoms with van der Waals surface area (Å²) < 4.78 is 10.5. The number of aliphatic imine (C=N–C) groups is 1. The fourth-order valence-corrected chi connectivity index (χ4v) is 0.791. The van der Waals surface area contributed by atoms with Gasteiger partial charge in [-0.05, 0) is 0 Å². The van der Waals surface area contributed by atoms with Crippen molar-refractivity contribution in [2.45, 2.75) is 0 Å². The van der Waals surface area contributed by atoms with E-state index in [0.717, 1.165) is 0 Å². The van der Waals surface area contributed by atoms with Crippen LogP contribution in [0.4, 0.5) is 0 Å². The molecule has 0 heterocycles. The molecule has 0 radical (unpaired) electrons. The Labute approximate surface area is 79.9 Å². The van der Waals surface area contributed by atoms with Crippen molar-refractivity contribution in [1.82, 2.24) is 5.32 Å². The molecule has 0 bridgehead atoms. The van der Waals surface area contributed by atoms with E-state index in [1.165, 1.54) is 0 Å². The molecule has 6 heteroatoms. The Bertz CT molecular complexity index is 151. The van der Waals surface area contributed by atoms with E-state index in [9.17, 15) is 4.21 Å². The van der Waals surface area contributed by atoms with Gasteiger partial charge in [0.25, 0.3) is 0 Å². The third-order valence-electron chi connectivity index (χ3n) is 0.937. The van der Waals surface area contributed by atoms with Gasteiger partial charge in [0.2, 0.25) is 0 Å². The van der Waals surface area contributed by atoms with Crippen molar-refractivity contribution in [3.63, 3.8) is 0 Å². The van der Waals surface area contributed by atoms with Crippen LogP contribution >= 0.6 is 17.0 Å². The van der Waals surface area contributed by atoms with Gasteiger partial charge in [0, 0.05) is 36.4 Å². The van der Waals surface area contributed by atoms with E-state index in [1.807, 2.05) is 0 Å². The maximum Gasteiger partial charge on any atom is 0.188 e. The molecule has 0 saturated carbocycles. The molecule has 3 N–H and O–H groups in total. The second-order valence-corrected chi connectivity index (χ2v) is 3.37. The molecule has 0 aliphatic heterocycles. The van der Waals surface area contributed by atoms with E-state index in [0.29, 0.717) is 18.3 Å². The lowest BCUT2D eigenvalue weighted by Crippen LogP contribution is -2.34. The van der Waals surface area contributed by atoms with Crippen LogP contribution < -0.4 is 11.1 Å². The Morgan fingerprint density at radius 3 is 2.64 bits per heavy atom. The van der Waals surface area contributed by atoms with Crippen molar-refractivity contribution < 1.29 is 4.21 Å². The second-order valence-electron chi connectivity index (χ2n) is 1.81. The summed E-state index contributed by atoms with van der Waals surface area (Å²) in [5.74, 6) is 1.00. The third kappa shape index (κ3) is 9.90. The number of hydrogen-bond donors (Lipinski definition) is 2. The van der Waals surface area contributed by atoms with Crippen LogP contribution in [-0.2, 0) is 10.8 Å². The molecule has 0 aromatic carbocycles. The Morgan fingerprint density at radius 2 is 2.27 bits per heavy atom. The van der Waals surface area contributed by atoms with Gasteiger partial charge in [-0.2, -0.15) is 0 Å². The van der Waals surface area contributed by atoms with Crippen LogP contribution in [0.25, 0.3) is 0 Å². The number of nitrogens with zero attached hydrogens (tertiary/aromatic N) is 1. The monoisotopic (exact) mass is 243 g/mol. The molecule has 0 saturated heterocycles. The van der Waals surface area contributed by atoms with Crippen molar-refractivity contribution in [2.75, 3.05) is 25.6 Å². The number of hydrogen-bond acceptors (Lipinski definition) is 2. The average Bonchev–Trinajstić information content (AvgIpc) is 1.87. The van der Waals surface area contributed by atoms with Gasteiger partial charge < -0.3 is 11.1 Å². The molecule has 0 rings (SSSR count). The molecular weight excluding hydrogens is 230 g/mol. The number of nitrogens with two attached hydrogens (primary N) is 1. The fraction of sp³-hybridized carbons (Fsp3) is 0.800. The van der Waals surface area contributed by atoms with Crippen molar-refractivity contribution in [2.24, 2.45) is 10.7 Å². The summed E-state index contributed by atoms with van der Waals surface area (Å²) in [4.78, 5) is 3.67. The molecule has 0 aromatic rings. The lowest BCUT2D eigenvalue weighted by atomic mass is 10.7. The second kappa shape index (κ2) is 8.00. The highest BCUT2D eigenvalue weighted by atomic mass is 79.9. The van der Waals surface area contributed by atoms with Gasteiger partial charge in [-0.1, -0.05) is 0 Å². The summed E-state index contributed by atoms with van der Waals surface area (Å²) in [6.07, 6.45) is 1.65. The van der Waals surface area contributed by atoms with Crippen LogP contribution in [0.2, 0.25) is 0 Å². The van der Waals surface area contributed by atoms with Gasteiger partial charge in [-0.25, -0.2) is 0 Å². The highest BCUT2D eigenvalue weighted by Gasteiger charge is 1.90. The maximum atomic E-state index is 10.5. The zero-order chi connectivity index (χ0) is 7.98. The normalized spacial score (nSPS) is 13.5. The van der Waals surface area contributed by atoms with E-state index in [2.05, 4.69) is 10.3 Å². The Kier molecular flexibility index (Phi) is 9.81. The minimum absolute atomic E-state index is 0. The first-order valence-electron chi connectivity index (χ1n) is 2.93. The van der Waals surface area contributed by atoms with Crippen molar-refractivity contribution in [3.8, 4) is 0 Å². The summed E-state index contributed by atoms with van der Waals surface area (Å²) in [6.45, 7) is 0.617. The Morgan fingerprint density at radius 1 is 1.73 bits per heavy atom. The largest absolute Gasteiger partial charge is 0.370 e. The average molecular weight is 244 g/mol. The number of guanidine groups is 1. The molecule has 0 aromatic heterocycles. The minimum atomic E-state index is -0.757. The molecule has 0 aliphatic rings. The number of halogens is 1. The van der Waals surface area contributed by atoms with Gasteiger partial charge in [0.1, 0.15) is 0 Å². The number of nitrogens with one attached hydrogen (secondary N) is 1. The lowest BCUT2D eigenvalue weighted by Gasteiger charge is -2.01. The minimum Gasteiger partial charge on any atom is -0.370 e. The van der Waals surface area contributed by atoms with Crippen LogP contribution in [0.15, 0.2) is 4.99 Å². The molecule has 11 heavy (non-hydrogen) atoms. The van der Waals surface area contributed by atoms with Crippen molar-refractivity contribution in [3.05, 3.63) is 0 Å². The summed E-state index contributed by atoms with van der Waals surface area (Å²) in [5.41, 5.74) is 5.30. The Balaban J connectivity index is 0. The van der Waals surface area contributed by atoms with Crippen LogP contribution in [0.3, 0.4) is 0 Å². The predicted molar refractivity (Wildman–Crippen MR) is 54.8 cm³/mol. The molecule has 4 nitrogen and oxygen atoms in total. The predicted octanol–water partition coefficient (Wildman–Crippen LogP) is -0.523. The van der Waals surface area contributed by atoms with Crippen LogP contribution in [0.1, 0.15) is 0 Å². The molecule has 0 fully saturated rings. The zero-order valence-electron chi connectivity index (χ0n) is 6.66. The van der Waals surface area contributed by atoms with Gasteiger partial charge >= 0.3 is 0 Å². The highest BCUT2D eigenvalue weighted by Crippen LogP contribution is 1.70. The lowest BCUT2D eigenvalue weighted by molar-refractivity contribution is 0.685. The SMILES string of the molecule is Br.CN=C(N)NCCS(C)=O. The van der Waals surface area contributed by atoms with E-state index in [4.69, 9.17) is 5.73 Å². The molecule has 1 unspecified atom stereocenters. The Hall–Kier alpha value is -0.100. The standard InChI is InChI=1S/C5H13N3OS.BrH/c1-7-5(6)8-3-4-10(2)9;/h3-4H2,1-2H3,(H3,6,7,8);1H. The van der Waals surface area contributed by atoms with E-state index >= 15 is 0 Å². The van der Waals surface area contributed by atoms with Crippen LogP contribution in [0.5, 0.6) is 0 Å². The maximum absolute atomic E-state index is 10.5. The quantitative estimate of drug-likeness (QED) is 0.518. The van der Waals surface area contributed by atoms with Crippen LogP contribution in [0, 0.1) is 0 Å². The first-order valence-corrected chi connectivity index (χ1v) is 4.65. The fourth-order valence-electron chi connectivity index (χ4n) is 0.402. The molecular formula is C5H14BrN3OS. The van der Waals surface area contributed by atoms with Crippen LogP contribution in [-0.4, -0.2) is 35.8 Å². The van der Waals surface area contributed by atoms with E-state index in [1.54, 1.807) is 13.3 Å². The van der Waals surface area contributed by atoms with Gasteiger partial charge in [-0.15, -0.1) is 17.0 Å². The van der Waals surface area contributed by atoms with Gasteiger partial charge in [-0.3, -0.25) is 9.20 Å². The summed E-state index contributed by atoms with van der Waals surface area (Å²) in [6, 6.07) is 0. The smallest absolute Gasteiger partial charge is 0.188 e. The molecule has 0 spiro atoms. The first kappa shape index (κ1) is 13.5. The molecule has 0 amide bonds. The number of rotatable bonds is 3. The first-order chi connectivity index (χ1) is 4.66. The van der Waals surface area contributed by atoms with Crippen molar-refractivity contribution in [1.29, 1.82) is 0 Å². The summed E-state index contributed by atoms with van der Waals surface area (Å²) in [5, 5.41) is 2.80. The topological polar surface area (TPSA) is 67.5 Å². The summed E-state index contributed by atoms with van der Waals surface area (Å²) in [7, 11) is 0.845. The van der Waals surface area contributed by atoms with Gasteiger partial charge in [0.05, 0.1) is 0 Å². The zero-order valence-corrected chi connectivity index (χ0v) is 9.19. The molecule has 1 atom stereocenters. The third-order valence-corrected chi connectivity index (χ3v) is 1.72. The molecule has 68 valence electrons.